The molecule has 0 bridgehead atoms. The van der Waals surface area contributed by atoms with E-state index in [1.165, 1.54) is 29.4 Å². The molecule has 0 unspecified atom stereocenters. The number of alkyl halides is 1. The van der Waals surface area contributed by atoms with E-state index in [9.17, 15) is 9.59 Å². The molecule has 0 aromatic heterocycles. The zero-order valence-electron chi connectivity index (χ0n) is 14.4. The van der Waals surface area contributed by atoms with Gasteiger partial charge in [-0.25, -0.2) is 4.79 Å². The highest BCUT2D eigenvalue weighted by Gasteiger charge is 2.29. The van der Waals surface area contributed by atoms with Crippen molar-refractivity contribution in [3.63, 3.8) is 0 Å². The lowest BCUT2D eigenvalue weighted by Crippen LogP contribution is -2.38. The maximum atomic E-state index is 12.2. The number of hydrogen-bond donors (Lipinski definition) is 1. The van der Waals surface area contributed by atoms with Gasteiger partial charge >= 0.3 is 12.1 Å². The van der Waals surface area contributed by atoms with Gasteiger partial charge in [-0.15, -0.1) is 0 Å². The van der Waals surface area contributed by atoms with Crippen LogP contribution in [0.5, 0.6) is 0 Å². The van der Waals surface area contributed by atoms with Gasteiger partial charge in [0.2, 0.25) is 0 Å². The van der Waals surface area contributed by atoms with Gasteiger partial charge in [-0.3, -0.25) is 4.79 Å². The van der Waals surface area contributed by atoms with Crippen molar-refractivity contribution in [1.29, 1.82) is 0 Å². The summed E-state index contributed by atoms with van der Waals surface area (Å²) in [7, 11) is 1.33. The lowest BCUT2D eigenvalue weighted by Gasteiger charge is -2.17. The number of methoxy groups -OCH3 is 1. The molecule has 26 heavy (non-hydrogen) atoms. The van der Waals surface area contributed by atoms with E-state index in [0.717, 1.165) is 0 Å². The van der Waals surface area contributed by atoms with Crippen LogP contribution < -0.4 is 5.32 Å². The highest BCUT2D eigenvalue weighted by Crippen LogP contribution is 2.44. The lowest BCUT2D eigenvalue weighted by atomic mass is 9.98. The van der Waals surface area contributed by atoms with Crippen molar-refractivity contribution in [2.75, 3.05) is 18.1 Å². The summed E-state index contributed by atoms with van der Waals surface area (Å²) in [6.07, 6.45) is -0.388. The van der Waals surface area contributed by atoms with Crippen LogP contribution in [0.15, 0.2) is 48.5 Å². The number of rotatable bonds is 6. The van der Waals surface area contributed by atoms with Gasteiger partial charge in [-0.05, 0) is 22.3 Å². The molecular formula is C20H20INO4. The van der Waals surface area contributed by atoms with E-state index in [1.807, 2.05) is 24.3 Å². The quantitative estimate of drug-likeness (QED) is 0.400. The number of hydrogen-bond acceptors (Lipinski definition) is 4. The number of halogens is 1. The summed E-state index contributed by atoms with van der Waals surface area (Å²) in [4.78, 5) is 23.6. The van der Waals surface area contributed by atoms with Crippen LogP contribution in [0.4, 0.5) is 4.79 Å². The Bertz CT molecular complexity index is 762. The predicted octanol–water partition coefficient (Wildman–Crippen LogP) is 3.89. The van der Waals surface area contributed by atoms with Crippen LogP contribution in [0.1, 0.15) is 23.5 Å². The van der Waals surface area contributed by atoms with Crippen LogP contribution >= 0.6 is 22.6 Å². The number of esters is 1. The van der Waals surface area contributed by atoms with E-state index < -0.39 is 6.09 Å². The third kappa shape index (κ3) is 4.00. The standard InChI is InChI=1S/C20H20INO4/c1-25-19(23)10-13(11-21)22-20(24)26-12-18-16-8-4-2-6-14(16)15-7-3-5-9-17(15)18/h2-9,13,18H,10-12H2,1H3,(H,22,24)/t13-/m0/s1. The summed E-state index contributed by atoms with van der Waals surface area (Å²) >= 11 is 2.12. The van der Waals surface area contributed by atoms with Crippen LogP contribution in [0, 0.1) is 0 Å². The molecule has 1 amide bonds. The Labute approximate surface area is 166 Å². The zero-order chi connectivity index (χ0) is 18.5. The molecule has 0 spiro atoms. The summed E-state index contributed by atoms with van der Waals surface area (Å²) < 4.78 is 10.7. The Morgan fingerprint density at radius 2 is 1.65 bits per heavy atom. The molecule has 1 aliphatic carbocycles. The monoisotopic (exact) mass is 465 g/mol. The van der Waals surface area contributed by atoms with Gasteiger partial charge in [0.05, 0.1) is 19.6 Å². The number of carbonyl (C=O) groups excluding carboxylic acids is 2. The number of ether oxygens (including phenoxy) is 2. The first-order valence-electron chi connectivity index (χ1n) is 8.38. The van der Waals surface area contributed by atoms with Crippen LogP contribution in [-0.2, 0) is 14.3 Å². The number of carbonyl (C=O) groups is 2. The summed E-state index contributed by atoms with van der Waals surface area (Å²) in [5.74, 6) is -0.336. The van der Waals surface area contributed by atoms with Crippen molar-refractivity contribution < 1.29 is 19.1 Å². The third-order valence-electron chi connectivity index (χ3n) is 4.49. The average Bonchev–Trinajstić information content (AvgIpc) is 2.99. The topological polar surface area (TPSA) is 64.6 Å². The molecule has 2 aromatic carbocycles. The number of nitrogens with one attached hydrogen (secondary N) is 1. The minimum Gasteiger partial charge on any atom is -0.469 e. The molecule has 1 N–H and O–H groups in total. The van der Waals surface area contributed by atoms with E-state index in [4.69, 9.17) is 4.74 Å². The fourth-order valence-corrected chi connectivity index (χ4v) is 3.77. The first kappa shape index (κ1) is 18.7. The number of alkyl carbamates (subject to hydrolysis) is 1. The summed E-state index contributed by atoms with van der Waals surface area (Å²) in [5, 5.41) is 2.73. The van der Waals surface area contributed by atoms with Crippen LogP contribution in [0.25, 0.3) is 11.1 Å². The van der Waals surface area contributed by atoms with Gasteiger partial charge in [0.1, 0.15) is 6.61 Å². The lowest BCUT2D eigenvalue weighted by molar-refractivity contribution is -0.140. The van der Waals surface area contributed by atoms with Crippen molar-refractivity contribution in [2.24, 2.45) is 0 Å². The van der Waals surface area contributed by atoms with Crippen molar-refractivity contribution in [3.8, 4) is 11.1 Å². The number of amides is 1. The number of benzene rings is 2. The summed E-state index contributed by atoms with van der Waals surface area (Å²) in [6.45, 7) is 0.256. The number of fused-ring (bicyclic) bond motifs is 3. The van der Waals surface area contributed by atoms with Crippen molar-refractivity contribution in [1.82, 2.24) is 5.32 Å². The molecule has 2 aromatic rings. The van der Waals surface area contributed by atoms with Gasteiger partial charge in [0.15, 0.2) is 0 Å². The molecule has 0 saturated carbocycles. The second-order valence-corrected chi connectivity index (χ2v) is 6.98. The molecular weight excluding hydrogens is 445 g/mol. The van der Waals surface area contributed by atoms with Gasteiger partial charge in [0.25, 0.3) is 0 Å². The highest BCUT2D eigenvalue weighted by atomic mass is 127. The minimum absolute atomic E-state index is 0.0202. The Morgan fingerprint density at radius 3 is 2.19 bits per heavy atom. The molecule has 1 atom stereocenters. The maximum absolute atomic E-state index is 12.2. The maximum Gasteiger partial charge on any atom is 0.407 e. The highest BCUT2D eigenvalue weighted by molar-refractivity contribution is 14.1. The minimum atomic E-state index is -0.516. The second-order valence-electron chi connectivity index (χ2n) is 6.10. The fraction of sp³-hybridized carbons (Fsp3) is 0.300. The van der Waals surface area contributed by atoms with Crippen LogP contribution in [0.3, 0.4) is 0 Å². The first-order valence-corrected chi connectivity index (χ1v) is 9.91. The molecule has 0 saturated heterocycles. The van der Waals surface area contributed by atoms with Gasteiger partial charge in [0, 0.05) is 10.3 Å². The average molecular weight is 465 g/mol. The molecule has 136 valence electrons. The fourth-order valence-electron chi connectivity index (χ4n) is 3.24. The van der Waals surface area contributed by atoms with E-state index in [2.05, 4.69) is 56.9 Å². The SMILES string of the molecule is COC(=O)C[C@@H](CI)NC(=O)OCC1c2ccccc2-c2ccccc21. The predicted molar refractivity (Wildman–Crippen MR) is 108 cm³/mol. The summed E-state index contributed by atoms with van der Waals surface area (Å²) in [5.41, 5.74) is 4.71. The Morgan fingerprint density at radius 1 is 1.08 bits per heavy atom. The molecule has 1 aliphatic rings. The molecule has 5 nitrogen and oxygen atoms in total. The smallest absolute Gasteiger partial charge is 0.407 e. The first-order chi connectivity index (χ1) is 12.6. The van der Waals surface area contributed by atoms with Gasteiger partial charge < -0.3 is 14.8 Å². The molecule has 0 fully saturated rings. The largest absolute Gasteiger partial charge is 0.469 e. The van der Waals surface area contributed by atoms with E-state index in [1.54, 1.807) is 0 Å². The Hall–Kier alpha value is -2.09. The summed E-state index contributed by atoms with van der Waals surface area (Å²) in [6, 6.07) is 16.1. The van der Waals surface area contributed by atoms with Gasteiger partial charge in [-0.1, -0.05) is 71.1 Å². The Balaban J connectivity index is 1.66. The van der Waals surface area contributed by atoms with Crippen LogP contribution in [0.2, 0.25) is 0 Å². The van der Waals surface area contributed by atoms with Crippen LogP contribution in [-0.4, -0.2) is 36.2 Å². The zero-order valence-corrected chi connectivity index (χ0v) is 16.6. The molecule has 0 heterocycles. The second kappa shape index (κ2) is 8.53. The van der Waals surface area contributed by atoms with E-state index in [0.29, 0.717) is 4.43 Å². The van der Waals surface area contributed by atoms with Crippen molar-refractivity contribution in [2.45, 2.75) is 18.4 Å². The normalized spacial score (nSPS) is 13.5. The van der Waals surface area contributed by atoms with E-state index >= 15 is 0 Å². The van der Waals surface area contributed by atoms with Crippen molar-refractivity contribution in [3.05, 3.63) is 59.7 Å². The van der Waals surface area contributed by atoms with Crippen molar-refractivity contribution >= 4 is 34.7 Å². The van der Waals surface area contributed by atoms with E-state index in [-0.39, 0.29) is 31.0 Å². The Kier molecular flexibility index (Phi) is 6.13. The third-order valence-corrected chi connectivity index (χ3v) is 5.56. The molecule has 0 radical (unpaired) electrons. The molecule has 6 heteroatoms. The molecule has 0 aliphatic heterocycles. The molecule has 3 rings (SSSR count). The van der Waals surface area contributed by atoms with Gasteiger partial charge in [-0.2, -0.15) is 0 Å².